The van der Waals surface area contributed by atoms with Crippen LogP contribution in [0.15, 0.2) is 18.2 Å². The molecule has 1 aromatic carbocycles. The predicted octanol–water partition coefficient (Wildman–Crippen LogP) is 1.32. The third-order valence-electron chi connectivity index (χ3n) is 5.43. The molecule has 4 rings (SSSR count). The highest BCUT2D eigenvalue weighted by Gasteiger charge is 2.35. The molecule has 0 radical (unpaired) electrons. The highest BCUT2D eigenvalue weighted by Crippen LogP contribution is 2.35. The number of amides is 2. The number of hydrogen-bond acceptors (Lipinski definition) is 4. The molecule has 0 unspecified atom stereocenters. The van der Waals surface area contributed by atoms with Crippen LogP contribution in [0, 0.1) is 0 Å². The number of carbonyl (C=O) groups excluding carboxylic acids is 2. The van der Waals surface area contributed by atoms with E-state index in [-0.39, 0.29) is 17.9 Å². The molecule has 0 aliphatic carbocycles. The van der Waals surface area contributed by atoms with E-state index in [0.717, 1.165) is 26.1 Å². The van der Waals surface area contributed by atoms with Gasteiger partial charge < -0.3 is 10.2 Å². The van der Waals surface area contributed by atoms with Crippen LogP contribution in [0.25, 0.3) is 0 Å². The van der Waals surface area contributed by atoms with Crippen molar-refractivity contribution in [2.45, 2.75) is 44.1 Å². The van der Waals surface area contributed by atoms with E-state index >= 15 is 0 Å². The zero-order valence-corrected chi connectivity index (χ0v) is 13.3. The number of piperidine rings is 2. The summed E-state index contributed by atoms with van der Waals surface area (Å²) in [6.07, 6.45) is 4.46. The lowest BCUT2D eigenvalue weighted by molar-refractivity contribution is -0.134. The molecular weight excluding hydrogens is 290 g/mol. The van der Waals surface area contributed by atoms with Crippen LogP contribution in [0.3, 0.4) is 0 Å². The minimum Gasteiger partial charge on any atom is -0.359 e. The molecular formula is C18H23N3O2. The lowest BCUT2D eigenvalue weighted by Crippen LogP contribution is -2.52. The first-order chi connectivity index (χ1) is 11.2. The Morgan fingerprint density at radius 3 is 2.65 bits per heavy atom. The van der Waals surface area contributed by atoms with Crippen molar-refractivity contribution in [1.29, 1.82) is 0 Å². The lowest BCUT2D eigenvalue weighted by atomic mass is 9.89. The number of imide groups is 1. The maximum atomic E-state index is 12.1. The zero-order valence-electron chi connectivity index (χ0n) is 13.3. The number of benzene rings is 1. The minimum absolute atomic E-state index is 0.142. The quantitative estimate of drug-likeness (QED) is 0.809. The third kappa shape index (κ3) is 2.74. The normalized spacial score (nSPS) is 25.4. The van der Waals surface area contributed by atoms with Crippen molar-refractivity contribution in [1.82, 2.24) is 10.6 Å². The Kier molecular flexibility index (Phi) is 3.81. The van der Waals surface area contributed by atoms with Gasteiger partial charge in [0.25, 0.3) is 0 Å². The van der Waals surface area contributed by atoms with E-state index in [4.69, 9.17) is 0 Å². The molecule has 0 aromatic heterocycles. The minimum atomic E-state index is -0.196. The van der Waals surface area contributed by atoms with E-state index < -0.39 is 0 Å². The number of carbonyl (C=O) groups is 2. The van der Waals surface area contributed by atoms with Gasteiger partial charge in [-0.25, -0.2) is 0 Å². The van der Waals surface area contributed by atoms with Crippen molar-refractivity contribution in [2.24, 2.45) is 0 Å². The molecule has 122 valence electrons. The molecule has 0 spiro atoms. The van der Waals surface area contributed by atoms with Gasteiger partial charge in [-0.1, -0.05) is 12.1 Å². The summed E-state index contributed by atoms with van der Waals surface area (Å²) in [5, 5.41) is 5.89. The molecule has 2 amide bonds. The Labute approximate surface area is 136 Å². The Morgan fingerprint density at radius 1 is 1.04 bits per heavy atom. The van der Waals surface area contributed by atoms with Crippen LogP contribution >= 0.6 is 0 Å². The first-order valence-electron chi connectivity index (χ1n) is 8.66. The summed E-state index contributed by atoms with van der Waals surface area (Å²) < 4.78 is 0. The summed E-state index contributed by atoms with van der Waals surface area (Å²) in [4.78, 5) is 25.7. The standard InChI is InChI=1S/C18H23N3O2/c22-17-4-3-16(18(23)20-17)21-10-7-14-11-13(1-2-15(14)21)12-5-8-19-9-6-12/h1-2,11-12,16,19H,3-10H2,(H,20,22,23)/t16-/m1/s1. The van der Waals surface area contributed by atoms with Crippen LogP contribution in [0.2, 0.25) is 0 Å². The highest BCUT2D eigenvalue weighted by molar-refractivity contribution is 6.01. The van der Waals surface area contributed by atoms with E-state index in [1.807, 2.05) is 0 Å². The Balaban J connectivity index is 1.55. The van der Waals surface area contributed by atoms with Crippen molar-refractivity contribution in [2.75, 3.05) is 24.5 Å². The highest BCUT2D eigenvalue weighted by atomic mass is 16.2. The SMILES string of the molecule is O=C1CC[C@@H](N2CCc3cc(C4CCNCC4)ccc32)C(=O)N1. The zero-order chi connectivity index (χ0) is 15.8. The number of rotatable bonds is 2. The summed E-state index contributed by atoms with van der Waals surface area (Å²) in [6, 6.07) is 6.57. The Bertz CT molecular complexity index is 637. The Morgan fingerprint density at radius 2 is 1.87 bits per heavy atom. The fourth-order valence-corrected chi connectivity index (χ4v) is 4.16. The third-order valence-corrected chi connectivity index (χ3v) is 5.43. The summed E-state index contributed by atoms with van der Waals surface area (Å²) in [7, 11) is 0. The van der Waals surface area contributed by atoms with Crippen LogP contribution < -0.4 is 15.5 Å². The maximum absolute atomic E-state index is 12.1. The molecule has 5 nitrogen and oxygen atoms in total. The number of nitrogens with zero attached hydrogens (tertiary/aromatic N) is 1. The van der Waals surface area contributed by atoms with Gasteiger partial charge in [-0.3, -0.25) is 14.9 Å². The average Bonchev–Trinajstić information content (AvgIpc) is 2.99. The molecule has 23 heavy (non-hydrogen) atoms. The fourth-order valence-electron chi connectivity index (χ4n) is 4.16. The molecule has 1 aromatic rings. The van der Waals surface area contributed by atoms with Gasteiger partial charge in [0, 0.05) is 18.7 Å². The molecule has 2 fully saturated rings. The number of hydrogen-bond donors (Lipinski definition) is 2. The van der Waals surface area contributed by atoms with Crippen LogP contribution in [0.4, 0.5) is 5.69 Å². The molecule has 2 N–H and O–H groups in total. The van der Waals surface area contributed by atoms with E-state index in [0.29, 0.717) is 18.8 Å². The lowest BCUT2D eigenvalue weighted by Gasteiger charge is -2.32. The van der Waals surface area contributed by atoms with Gasteiger partial charge in [-0.15, -0.1) is 0 Å². The summed E-state index contributed by atoms with van der Waals surface area (Å²) >= 11 is 0. The first-order valence-corrected chi connectivity index (χ1v) is 8.66. The summed E-state index contributed by atoms with van der Waals surface area (Å²) in [5.74, 6) is 0.370. The van der Waals surface area contributed by atoms with E-state index in [9.17, 15) is 9.59 Å². The van der Waals surface area contributed by atoms with Crippen molar-refractivity contribution >= 4 is 17.5 Å². The van der Waals surface area contributed by atoms with Gasteiger partial charge in [-0.05, 0) is 61.9 Å². The summed E-state index contributed by atoms with van der Waals surface area (Å²) in [5.41, 5.74) is 3.97. The molecule has 3 aliphatic heterocycles. The van der Waals surface area contributed by atoms with Gasteiger partial charge in [0.1, 0.15) is 6.04 Å². The number of fused-ring (bicyclic) bond motifs is 1. The average molecular weight is 313 g/mol. The van der Waals surface area contributed by atoms with Crippen LogP contribution in [0.1, 0.15) is 42.7 Å². The van der Waals surface area contributed by atoms with E-state index in [2.05, 4.69) is 33.7 Å². The van der Waals surface area contributed by atoms with Crippen molar-refractivity contribution < 1.29 is 9.59 Å². The van der Waals surface area contributed by atoms with Crippen molar-refractivity contribution in [3.05, 3.63) is 29.3 Å². The van der Waals surface area contributed by atoms with Crippen LogP contribution in [-0.2, 0) is 16.0 Å². The molecule has 0 saturated carbocycles. The second-order valence-corrected chi connectivity index (χ2v) is 6.82. The van der Waals surface area contributed by atoms with Gasteiger partial charge in [-0.2, -0.15) is 0 Å². The van der Waals surface area contributed by atoms with Crippen molar-refractivity contribution in [3.8, 4) is 0 Å². The van der Waals surface area contributed by atoms with Gasteiger partial charge in [0.15, 0.2) is 0 Å². The molecule has 1 atom stereocenters. The second kappa shape index (κ2) is 5.96. The summed E-state index contributed by atoms with van der Waals surface area (Å²) in [6.45, 7) is 3.07. The smallest absolute Gasteiger partial charge is 0.249 e. The fraction of sp³-hybridized carbons (Fsp3) is 0.556. The molecule has 5 heteroatoms. The van der Waals surface area contributed by atoms with Gasteiger partial charge in [0.05, 0.1) is 0 Å². The molecule has 0 bridgehead atoms. The largest absolute Gasteiger partial charge is 0.359 e. The van der Waals surface area contributed by atoms with Crippen LogP contribution in [-0.4, -0.2) is 37.5 Å². The molecule has 2 saturated heterocycles. The predicted molar refractivity (Wildman–Crippen MR) is 88.5 cm³/mol. The van der Waals surface area contributed by atoms with Crippen molar-refractivity contribution in [3.63, 3.8) is 0 Å². The topological polar surface area (TPSA) is 61.4 Å². The number of anilines is 1. The van der Waals surface area contributed by atoms with Gasteiger partial charge in [0.2, 0.25) is 11.8 Å². The van der Waals surface area contributed by atoms with E-state index in [1.165, 1.54) is 29.7 Å². The monoisotopic (exact) mass is 313 g/mol. The first kappa shape index (κ1) is 14.7. The maximum Gasteiger partial charge on any atom is 0.249 e. The molecule has 3 heterocycles. The van der Waals surface area contributed by atoms with Gasteiger partial charge >= 0.3 is 0 Å². The Hall–Kier alpha value is -1.88. The number of nitrogens with one attached hydrogen (secondary N) is 2. The van der Waals surface area contributed by atoms with Crippen LogP contribution in [0.5, 0.6) is 0 Å². The molecule has 3 aliphatic rings. The second-order valence-electron chi connectivity index (χ2n) is 6.82. The van der Waals surface area contributed by atoms with E-state index in [1.54, 1.807) is 0 Å².